The fraction of sp³-hybridized carbons (Fsp3) is 0.321. The van der Waals surface area contributed by atoms with Crippen LogP contribution in [-0.4, -0.2) is 41.9 Å². The average Bonchev–Trinajstić information content (AvgIpc) is 2.87. The van der Waals surface area contributed by atoms with E-state index < -0.39 is 0 Å². The Kier molecular flexibility index (Phi) is 6.05. The number of para-hydroxylation sites is 1. The first-order valence-electron chi connectivity index (χ1n) is 11.9. The minimum absolute atomic E-state index is 0.0218. The van der Waals surface area contributed by atoms with Crippen LogP contribution in [0.15, 0.2) is 48.5 Å². The van der Waals surface area contributed by atoms with Crippen LogP contribution in [0.25, 0.3) is 22.6 Å². The van der Waals surface area contributed by atoms with E-state index in [-0.39, 0.29) is 17.7 Å². The van der Waals surface area contributed by atoms with Crippen molar-refractivity contribution in [1.82, 2.24) is 9.88 Å². The number of rotatable bonds is 4. The summed E-state index contributed by atoms with van der Waals surface area (Å²) in [7, 11) is 1.66. The number of amides is 2. The van der Waals surface area contributed by atoms with Gasteiger partial charge in [0.1, 0.15) is 5.75 Å². The minimum Gasteiger partial charge on any atom is -0.497 e. The van der Waals surface area contributed by atoms with Crippen LogP contribution in [0.4, 0.5) is 0 Å². The van der Waals surface area contributed by atoms with Crippen molar-refractivity contribution in [2.24, 2.45) is 11.7 Å². The summed E-state index contributed by atoms with van der Waals surface area (Å²) in [6, 6.07) is 15.8. The number of allylic oxidation sites excluding steroid dienone is 1. The lowest BCUT2D eigenvalue weighted by Gasteiger charge is -2.33. The predicted octanol–water partition coefficient (Wildman–Crippen LogP) is 4.46. The van der Waals surface area contributed by atoms with Gasteiger partial charge in [-0.2, -0.15) is 0 Å². The van der Waals surface area contributed by atoms with E-state index in [1.165, 1.54) is 0 Å². The number of primary amides is 1. The minimum atomic E-state index is -0.330. The molecular weight excluding hydrogens is 426 g/mol. The van der Waals surface area contributed by atoms with E-state index >= 15 is 0 Å². The highest BCUT2D eigenvalue weighted by Crippen LogP contribution is 2.37. The molecule has 5 rings (SSSR count). The quantitative estimate of drug-likeness (QED) is 0.630. The standard InChI is InChI=1S/C28H29N3O3/c1-34-21-13-11-18(12-14-21)16-19-6-4-9-23-25(22-8-2-3-10-24(22)30-26(19)23)28(33)31-15-5-7-20(17-31)27(29)32/h2-3,8,10-14,16,20H,4-7,9,15,17H2,1H3,(H2,29,32)/b19-16+. The number of nitrogens with two attached hydrogens (primary N) is 1. The Labute approximate surface area is 199 Å². The summed E-state index contributed by atoms with van der Waals surface area (Å²) in [5.74, 6) is 0.182. The number of aromatic nitrogens is 1. The molecule has 2 aromatic carbocycles. The third kappa shape index (κ3) is 4.16. The van der Waals surface area contributed by atoms with E-state index in [0.29, 0.717) is 13.1 Å². The molecule has 1 aromatic heterocycles. The maximum absolute atomic E-state index is 13.9. The molecule has 6 nitrogen and oxygen atoms in total. The van der Waals surface area contributed by atoms with Crippen LogP contribution in [0.1, 0.15) is 52.9 Å². The first-order valence-corrected chi connectivity index (χ1v) is 11.9. The van der Waals surface area contributed by atoms with Crippen molar-refractivity contribution in [1.29, 1.82) is 0 Å². The molecule has 174 valence electrons. The summed E-state index contributed by atoms with van der Waals surface area (Å²) in [5.41, 5.74) is 11.3. The van der Waals surface area contributed by atoms with Crippen LogP contribution in [0, 0.1) is 5.92 Å². The van der Waals surface area contributed by atoms with E-state index in [4.69, 9.17) is 15.5 Å². The van der Waals surface area contributed by atoms with Gasteiger partial charge in [0.15, 0.2) is 0 Å². The predicted molar refractivity (Wildman–Crippen MR) is 133 cm³/mol. The summed E-state index contributed by atoms with van der Waals surface area (Å²) in [6.45, 7) is 1.02. The summed E-state index contributed by atoms with van der Waals surface area (Å²) in [4.78, 5) is 32.6. The molecule has 1 atom stereocenters. The van der Waals surface area contributed by atoms with E-state index in [9.17, 15) is 9.59 Å². The highest BCUT2D eigenvalue weighted by atomic mass is 16.5. The van der Waals surface area contributed by atoms with Crippen molar-refractivity contribution in [2.45, 2.75) is 32.1 Å². The molecule has 1 saturated heterocycles. The van der Waals surface area contributed by atoms with E-state index in [2.05, 4.69) is 6.08 Å². The van der Waals surface area contributed by atoms with Gasteiger partial charge in [0.2, 0.25) is 5.91 Å². The van der Waals surface area contributed by atoms with Crippen LogP contribution in [0.2, 0.25) is 0 Å². The highest BCUT2D eigenvalue weighted by Gasteiger charge is 2.31. The first-order chi connectivity index (χ1) is 16.5. The first kappa shape index (κ1) is 22.1. The van der Waals surface area contributed by atoms with Crippen molar-refractivity contribution >= 4 is 34.4 Å². The number of methoxy groups -OCH3 is 1. The van der Waals surface area contributed by atoms with Gasteiger partial charge >= 0.3 is 0 Å². The van der Waals surface area contributed by atoms with Gasteiger partial charge < -0.3 is 15.4 Å². The van der Waals surface area contributed by atoms with Crippen molar-refractivity contribution in [2.75, 3.05) is 20.2 Å². The number of carbonyl (C=O) groups is 2. The second kappa shape index (κ2) is 9.29. The van der Waals surface area contributed by atoms with E-state index in [1.807, 2.05) is 53.4 Å². The summed E-state index contributed by atoms with van der Waals surface area (Å²) < 4.78 is 5.28. The number of ether oxygens (including phenoxy) is 1. The lowest BCUT2D eigenvalue weighted by molar-refractivity contribution is -0.123. The molecule has 0 bridgehead atoms. The maximum atomic E-state index is 13.9. The van der Waals surface area contributed by atoms with Gasteiger partial charge in [0.05, 0.1) is 29.8 Å². The van der Waals surface area contributed by atoms with Gasteiger partial charge in [-0.1, -0.05) is 30.3 Å². The number of hydrogen-bond acceptors (Lipinski definition) is 4. The Morgan fingerprint density at radius 3 is 2.65 bits per heavy atom. The molecule has 2 heterocycles. The lowest BCUT2D eigenvalue weighted by Crippen LogP contribution is -2.44. The summed E-state index contributed by atoms with van der Waals surface area (Å²) in [6.07, 6.45) is 6.36. The van der Waals surface area contributed by atoms with Crippen molar-refractivity contribution in [3.8, 4) is 5.75 Å². The van der Waals surface area contributed by atoms with Gasteiger partial charge in [-0.05, 0) is 73.1 Å². The normalized spacial score (nSPS) is 19.1. The van der Waals surface area contributed by atoms with E-state index in [0.717, 1.165) is 76.7 Å². The monoisotopic (exact) mass is 455 g/mol. The zero-order chi connectivity index (χ0) is 23.7. The zero-order valence-corrected chi connectivity index (χ0v) is 19.4. The Morgan fingerprint density at radius 2 is 1.88 bits per heavy atom. The van der Waals surface area contributed by atoms with Gasteiger partial charge in [0.25, 0.3) is 5.91 Å². The van der Waals surface area contributed by atoms with Crippen LogP contribution in [-0.2, 0) is 11.2 Å². The molecule has 2 amide bonds. The number of nitrogens with zero attached hydrogens (tertiary/aromatic N) is 2. The van der Waals surface area contributed by atoms with Crippen LogP contribution in [0.3, 0.4) is 0 Å². The third-order valence-corrected chi connectivity index (χ3v) is 6.95. The number of likely N-dealkylation sites (tertiary alicyclic amines) is 1. The van der Waals surface area contributed by atoms with Gasteiger partial charge in [-0.15, -0.1) is 0 Å². The molecule has 6 heteroatoms. The molecule has 0 radical (unpaired) electrons. The van der Waals surface area contributed by atoms with Gasteiger partial charge in [-0.3, -0.25) is 9.59 Å². The molecule has 0 spiro atoms. The molecule has 1 unspecified atom stereocenters. The van der Waals surface area contributed by atoms with Crippen LogP contribution < -0.4 is 10.5 Å². The number of benzene rings is 2. The van der Waals surface area contributed by atoms with Crippen LogP contribution >= 0.6 is 0 Å². The summed E-state index contributed by atoms with van der Waals surface area (Å²) >= 11 is 0. The van der Waals surface area contributed by atoms with E-state index in [1.54, 1.807) is 7.11 Å². The maximum Gasteiger partial charge on any atom is 0.254 e. The number of carbonyl (C=O) groups excluding carboxylic acids is 2. The molecule has 1 aliphatic heterocycles. The van der Waals surface area contributed by atoms with Crippen molar-refractivity contribution < 1.29 is 14.3 Å². The van der Waals surface area contributed by atoms with Gasteiger partial charge in [-0.25, -0.2) is 4.98 Å². The number of fused-ring (bicyclic) bond motifs is 2. The average molecular weight is 456 g/mol. The molecule has 1 aliphatic carbocycles. The molecule has 3 aromatic rings. The molecule has 34 heavy (non-hydrogen) atoms. The molecule has 2 N–H and O–H groups in total. The smallest absolute Gasteiger partial charge is 0.254 e. The van der Waals surface area contributed by atoms with Crippen LogP contribution in [0.5, 0.6) is 5.75 Å². The third-order valence-electron chi connectivity index (χ3n) is 6.95. The number of pyridine rings is 1. The summed E-state index contributed by atoms with van der Waals surface area (Å²) in [5, 5.41) is 0.873. The fourth-order valence-corrected chi connectivity index (χ4v) is 5.17. The molecular formula is C28H29N3O3. The molecule has 1 fully saturated rings. The topological polar surface area (TPSA) is 85.5 Å². The van der Waals surface area contributed by atoms with Crippen molar-refractivity contribution in [3.05, 3.63) is 70.9 Å². The Morgan fingerprint density at radius 1 is 1.09 bits per heavy atom. The largest absolute Gasteiger partial charge is 0.497 e. The number of hydrogen-bond donors (Lipinski definition) is 1. The SMILES string of the molecule is COc1ccc(/C=C2\CCCc3c2nc2ccccc2c3C(=O)N2CCCC(C(N)=O)C2)cc1. The molecule has 0 saturated carbocycles. The Balaban J connectivity index is 1.61. The van der Waals surface area contributed by atoms with Crippen molar-refractivity contribution in [3.63, 3.8) is 0 Å². The number of piperidine rings is 1. The molecule has 2 aliphatic rings. The Bertz CT molecular complexity index is 1280. The fourth-order valence-electron chi connectivity index (χ4n) is 5.17. The second-order valence-corrected chi connectivity index (χ2v) is 9.12. The highest BCUT2D eigenvalue weighted by molar-refractivity contribution is 6.09. The van der Waals surface area contributed by atoms with Gasteiger partial charge in [0, 0.05) is 18.5 Å². The second-order valence-electron chi connectivity index (χ2n) is 9.12. The lowest BCUT2D eigenvalue weighted by atomic mass is 9.85. The Hall–Kier alpha value is -3.67. The zero-order valence-electron chi connectivity index (χ0n) is 19.4.